The molecule has 0 unspecified atom stereocenters. The maximum absolute atomic E-state index is 12.3. The lowest BCUT2D eigenvalue weighted by Gasteiger charge is -2.14. The maximum Gasteiger partial charge on any atom is 0.263 e. The third kappa shape index (κ3) is 4.77. The van der Waals surface area contributed by atoms with Gasteiger partial charge in [-0.25, -0.2) is 8.78 Å². The Morgan fingerprint density at radius 3 is 2.18 bits per heavy atom. The molecule has 5 heteroatoms. The van der Waals surface area contributed by atoms with Crippen LogP contribution >= 0.6 is 0 Å². The van der Waals surface area contributed by atoms with Crippen molar-refractivity contribution < 1.29 is 18.3 Å². The van der Waals surface area contributed by atoms with Crippen LogP contribution in [0.15, 0.2) is 24.3 Å². The van der Waals surface area contributed by atoms with Gasteiger partial charge >= 0.3 is 0 Å². The lowest BCUT2D eigenvalue weighted by Crippen LogP contribution is -2.29. The van der Waals surface area contributed by atoms with Crippen LogP contribution in [0, 0.1) is 0 Å². The van der Waals surface area contributed by atoms with Crippen molar-refractivity contribution in [3.63, 3.8) is 0 Å². The highest BCUT2D eigenvalue weighted by atomic mass is 19.3. The van der Waals surface area contributed by atoms with E-state index in [1.807, 2.05) is 0 Å². The highest BCUT2D eigenvalue weighted by Crippen LogP contribution is 2.18. The van der Waals surface area contributed by atoms with Crippen LogP contribution in [-0.4, -0.2) is 27.1 Å². The average molecular weight is 245 g/mol. The summed E-state index contributed by atoms with van der Waals surface area (Å²) in [6, 6.07) is 6.24. The van der Waals surface area contributed by atoms with Gasteiger partial charge in [0.25, 0.3) is 6.43 Å². The molecule has 0 bridgehead atoms. The number of ether oxygens (including phenoxy) is 2. The van der Waals surface area contributed by atoms with Crippen molar-refractivity contribution in [3.05, 3.63) is 35.4 Å². The molecule has 3 nitrogen and oxygen atoms in total. The normalized spacial score (nSPS) is 11.4. The fraction of sp³-hybridized carbons (Fsp3) is 0.500. The summed E-state index contributed by atoms with van der Waals surface area (Å²) in [5, 5.41) is 3.11. The summed E-state index contributed by atoms with van der Waals surface area (Å²) in [6.45, 7) is 1.14. The molecule has 0 aliphatic rings. The van der Waals surface area contributed by atoms with E-state index in [1.54, 1.807) is 26.4 Å². The standard InChI is InChI=1S/C12H17F2NO2/c1-16-11(17-2)8-15-7-9-3-5-10(6-4-9)12(13)14/h3-6,11-12,15H,7-8H2,1-2H3. The molecule has 0 aliphatic carbocycles. The third-order valence-corrected chi connectivity index (χ3v) is 2.40. The molecule has 0 aliphatic heterocycles. The maximum atomic E-state index is 12.3. The second kappa shape index (κ2) is 7.32. The Morgan fingerprint density at radius 1 is 1.12 bits per heavy atom. The van der Waals surface area contributed by atoms with Gasteiger partial charge in [0.2, 0.25) is 0 Å². The van der Waals surface area contributed by atoms with Crippen molar-refractivity contribution in [2.75, 3.05) is 20.8 Å². The number of methoxy groups -OCH3 is 2. The monoisotopic (exact) mass is 245 g/mol. The molecule has 1 N–H and O–H groups in total. The topological polar surface area (TPSA) is 30.5 Å². The summed E-state index contributed by atoms with van der Waals surface area (Å²) in [5.41, 5.74) is 0.987. The number of hydrogen-bond acceptors (Lipinski definition) is 3. The molecule has 1 rings (SSSR count). The average Bonchev–Trinajstić information content (AvgIpc) is 2.35. The van der Waals surface area contributed by atoms with E-state index in [0.717, 1.165) is 5.56 Å². The second-order valence-corrected chi connectivity index (χ2v) is 3.57. The first-order valence-electron chi connectivity index (χ1n) is 5.30. The zero-order valence-electron chi connectivity index (χ0n) is 9.95. The molecule has 96 valence electrons. The van der Waals surface area contributed by atoms with Crippen LogP contribution in [0.4, 0.5) is 8.78 Å². The quantitative estimate of drug-likeness (QED) is 0.748. The van der Waals surface area contributed by atoms with Gasteiger partial charge in [0.1, 0.15) is 0 Å². The molecule has 1 aromatic carbocycles. The van der Waals surface area contributed by atoms with Crippen molar-refractivity contribution in [2.24, 2.45) is 0 Å². The van der Waals surface area contributed by atoms with E-state index in [2.05, 4.69) is 5.32 Å². The van der Waals surface area contributed by atoms with E-state index in [-0.39, 0.29) is 11.9 Å². The van der Waals surface area contributed by atoms with Gasteiger partial charge in [-0.3, -0.25) is 0 Å². The first-order chi connectivity index (χ1) is 8.17. The van der Waals surface area contributed by atoms with Gasteiger partial charge in [-0.2, -0.15) is 0 Å². The largest absolute Gasteiger partial charge is 0.355 e. The predicted molar refractivity (Wildman–Crippen MR) is 60.9 cm³/mol. The minimum absolute atomic E-state index is 0.0420. The predicted octanol–water partition coefficient (Wildman–Crippen LogP) is 2.33. The van der Waals surface area contributed by atoms with E-state index >= 15 is 0 Å². The van der Waals surface area contributed by atoms with Crippen LogP contribution in [-0.2, 0) is 16.0 Å². The number of hydrogen-bond donors (Lipinski definition) is 1. The number of nitrogens with one attached hydrogen (secondary N) is 1. The molecule has 0 spiro atoms. The molecule has 1 aromatic rings. The Labute approximate surface area is 99.7 Å². The molecule has 0 amide bonds. The van der Waals surface area contributed by atoms with Crippen molar-refractivity contribution in [1.82, 2.24) is 5.32 Å². The van der Waals surface area contributed by atoms with Crippen LogP contribution in [0.2, 0.25) is 0 Å². The zero-order chi connectivity index (χ0) is 12.7. The van der Waals surface area contributed by atoms with Gasteiger partial charge in [-0.05, 0) is 5.56 Å². The first kappa shape index (κ1) is 14.0. The van der Waals surface area contributed by atoms with E-state index in [9.17, 15) is 8.78 Å². The summed E-state index contributed by atoms with van der Waals surface area (Å²) < 4.78 is 34.6. The Bertz CT molecular complexity index is 313. The fourth-order valence-electron chi connectivity index (χ4n) is 1.38. The Hall–Kier alpha value is -1.04. The van der Waals surface area contributed by atoms with E-state index < -0.39 is 6.43 Å². The molecule has 0 fully saturated rings. The van der Waals surface area contributed by atoms with Crippen molar-refractivity contribution >= 4 is 0 Å². The van der Waals surface area contributed by atoms with E-state index in [1.165, 1.54) is 12.1 Å². The summed E-state index contributed by atoms with van der Waals surface area (Å²) in [5.74, 6) is 0. The number of alkyl halides is 2. The lowest BCUT2D eigenvalue weighted by molar-refractivity contribution is -0.0989. The molecular formula is C12H17F2NO2. The van der Waals surface area contributed by atoms with Gasteiger partial charge in [0.05, 0.1) is 0 Å². The van der Waals surface area contributed by atoms with E-state index in [4.69, 9.17) is 9.47 Å². The molecule has 0 radical (unpaired) electrons. The van der Waals surface area contributed by atoms with Crippen molar-refractivity contribution in [3.8, 4) is 0 Å². The van der Waals surface area contributed by atoms with E-state index in [0.29, 0.717) is 13.1 Å². The van der Waals surface area contributed by atoms with Crippen LogP contribution in [0.1, 0.15) is 17.6 Å². The van der Waals surface area contributed by atoms with Gasteiger partial charge < -0.3 is 14.8 Å². The molecule has 17 heavy (non-hydrogen) atoms. The number of rotatable bonds is 7. The number of benzene rings is 1. The second-order valence-electron chi connectivity index (χ2n) is 3.57. The SMILES string of the molecule is COC(CNCc1ccc(C(F)F)cc1)OC. The summed E-state index contributed by atoms with van der Waals surface area (Å²) in [4.78, 5) is 0. The molecule has 0 saturated heterocycles. The van der Waals surface area contributed by atoms with Crippen molar-refractivity contribution in [2.45, 2.75) is 19.3 Å². The minimum Gasteiger partial charge on any atom is -0.355 e. The Morgan fingerprint density at radius 2 is 1.71 bits per heavy atom. The summed E-state index contributed by atoms with van der Waals surface area (Å²) >= 11 is 0. The van der Waals surface area contributed by atoms with Gasteiger partial charge in [0.15, 0.2) is 6.29 Å². The fourth-order valence-corrected chi connectivity index (χ4v) is 1.38. The lowest BCUT2D eigenvalue weighted by atomic mass is 10.1. The number of halogens is 2. The molecular weight excluding hydrogens is 228 g/mol. The Balaban J connectivity index is 2.37. The highest BCUT2D eigenvalue weighted by molar-refractivity contribution is 5.23. The first-order valence-corrected chi connectivity index (χ1v) is 5.30. The van der Waals surface area contributed by atoms with Crippen LogP contribution in [0.25, 0.3) is 0 Å². The van der Waals surface area contributed by atoms with Gasteiger partial charge in [-0.1, -0.05) is 24.3 Å². The summed E-state index contributed by atoms with van der Waals surface area (Å²) in [6.07, 6.45) is -2.71. The Kier molecular flexibility index (Phi) is 6.04. The third-order valence-electron chi connectivity index (χ3n) is 2.40. The zero-order valence-corrected chi connectivity index (χ0v) is 9.95. The summed E-state index contributed by atoms with van der Waals surface area (Å²) in [7, 11) is 3.13. The van der Waals surface area contributed by atoms with Crippen LogP contribution in [0.5, 0.6) is 0 Å². The molecule has 0 atom stereocenters. The van der Waals surface area contributed by atoms with Crippen LogP contribution in [0.3, 0.4) is 0 Å². The van der Waals surface area contributed by atoms with Crippen molar-refractivity contribution in [1.29, 1.82) is 0 Å². The minimum atomic E-state index is -2.41. The molecule has 0 heterocycles. The molecule has 0 saturated carbocycles. The van der Waals surface area contributed by atoms with Crippen LogP contribution < -0.4 is 5.32 Å². The highest BCUT2D eigenvalue weighted by Gasteiger charge is 2.06. The smallest absolute Gasteiger partial charge is 0.263 e. The molecule has 0 aromatic heterocycles. The van der Waals surface area contributed by atoms with Gasteiger partial charge in [-0.15, -0.1) is 0 Å². The van der Waals surface area contributed by atoms with Gasteiger partial charge in [0, 0.05) is 32.9 Å².